The predicted octanol–water partition coefficient (Wildman–Crippen LogP) is 5.07. The van der Waals surface area contributed by atoms with Gasteiger partial charge in [0.25, 0.3) is 5.91 Å². The van der Waals surface area contributed by atoms with E-state index in [4.69, 9.17) is 9.47 Å². The average Bonchev–Trinajstić information content (AvgIpc) is 3.12. The molecule has 2 aromatic rings. The lowest BCUT2D eigenvalue weighted by Gasteiger charge is -2.35. The number of amides is 1. The van der Waals surface area contributed by atoms with E-state index in [9.17, 15) is 9.59 Å². The molecule has 33 heavy (non-hydrogen) atoms. The van der Waals surface area contributed by atoms with Crippen LogP contribution in [-0.4, -0.2) is 29.4 Å². The standard InChI is InChI=1S/C27H30N2O4/c1-3-4-14-32-19-9-7-8-18(16-19)24-23-25(30)20-10-5-6-11-21(20)33-26(23)27(31)29(24)22-15-17(2)12-13-28-22/h7-9,12-13,15-16,20-21,24H,3-6,10-11,14H2,1-2H3. The summed E-state index contributed by atoms with van der Waals surface area (Å²) in [6, 6.07) is 10.9. The van der Waals surface area contributed by atoms with Gasteiger partial charge in [0.05, 0.1) is 24.1 Å². The molecule has 3 atom stereocenters. The minimum atomic E-state index is -0.577. The normalized spacial score (nSPS) is 24.4. The molecule has 1 aromatic carbocycles. The van der Waals surface area contributed by atoms with E-state index in [1.54, 1.807) is 11.1 Å². The van der Waals surface area contributed by atoms with Gasteiger partial charge in [-0.2, -0.15) is 0 Å². The van der Waals surface area contributed by atoms with Crippen molar-refractivity contribution in [2.75, 3.05) is 11.5 Å². The fraction of sp³-hybridized carbons (Fsp3) is 0.444. The number of benzene rings is 1. The van der Waals surface area contributed by atoms with Crippen molar-refractivity contribution in [1.82, 2.24) is 4.98 Å². The number of ketones is 1. The van der Waals surface area contributed by atoms with Crippen LogP contribution in [0.25, 0.3) is 0 Å². The summed E-state index contributed by atoms with van der Waals surface area (Å²) in [6.07, 6.45) is 7.17. The summed E-state index contributed by atoms with van der Waals surface area (Å²) in [5, 5.41) is 0. The van der Waals surface area contributed by atoms with Gasteiger partial charge < -0.3 is 9.47 Å². The zero-order valence-corrected chi connectivity index (χ0v) is 19.3. The molecule has 1 aromatic heterocycles. The average molecular weight is 447 g/mol. The number of Topliss-reactive ketones (excluding diaryl/α,β-unsaturated/α-hetero) is 1. The topological polar surface area (TPSA) is 68.7 Å². The molecular weight excluding hydrogens is 416 g/mol. The van der Waals surface area contributed by atoms with Gasteiger partial charge in [0.2, 0.25) is 0 Å². The van der Waals surface area contributed by atoms with Gasteiger partial charge in [-0.1, -0.05) is 31.9 Å². The molecule has 3 aliphatic rings. The number of aromatic nitrogens is 1. The lowest BCUT2D eigenvalue weighted by atomic mass is 9.77. The number of rotatable bonds is 6. The van der Waals surface area contributed by atoms with E-state index in [1.807, 2.05) is 43.3 Å². The third-order valence-corrected chi connectivity index (χ3v) is 6.85. The molecule has 0 N–H and O–H groups in total. The SMILES string of the molecule is CCCCOc1cccc(C2C3=C(OC4CCCCC4C3=O)C(=O)N2c2cc(C)ccn2)c1. The molecular formula is C27H30N2O4. The molecule has 5 rings (SSSR count). The number of aryl methyl sites for hydroxylation is 1. The second-order valence-corrected chi connectivity index (χ2v) is 9.20. The van der Waals surface area contributed by atoms with E-state index in [-0.39, 0.29) is 29.5 Å². The van der Waals surface area contributed by atoms with Crippen LogP contribution < -0.4 is 9.64 Å². The van der Waals surface area contributed by atoms with E-state index < -0.39 is 6.04 Å². The third-order valence-electron chi connectivity index (χ3n) is 6.85. The quantitative estimate of drug-likeness (QED) is 0.580. The zero-order chi connectivity index (χ0) is 22.9. The number of carbonyl (C=O) groups is 2. The molecule has 3 heterocycles. The Bertz CT molecular complexity index is 1110. The maximum atomic E-state index is 13.7. The Morgan fingerprint density at radius 3 is 2.82 bits per heavy atom. The molecule has 0 bridgehead atoms. The second-order valence-electron chi connectivity index (χ2n) is 9.20. The summed E-state index contributed by atoms with van der Waals surface area (Å²) in [7, 11) is 0. The highest BCUT2D eigenvalue weighted by atomic mass is 16.5. The van der Waals surface area contributed by atoms with Crippen molar-refractivity contribution in [3.63, 3.8) is 0 Å². The first-order valence-corrected chi connectivity index (χ1v) is 12.0. The number of hydrogen-bond donors (Lipinski definition) is 0. The fourth-order valence-corrected chi connectivity index (χ4v) is 5.16. The summed E-state index contributed by atoms with van der Waals surface area (Å²) < 4.78 is 12.2. The Kier molecular flexibility index (Phi) is 5.92. The van der Waals surface area contributed by atoms with Gasteiger partial charge in [0.15, 0.2) is 11.5 Å². The van der Waals surface area contributed by atoms with Gasteiger partial charge in [0, 0.05) is 6.20 Å². The monoisotopic (exact) mass is 446 g/mol. The van der Waals surface area contributed by atoms with E-state index in [0.717, 1.165) is 55.4 Å². The molecule has 3 unspecified atom stereocenters. The second kappa shape index (κ2) is 9.00. The molecule has 172 valence electrons. The number of fused-ring (bicyclic) bond motifs is 1. The summed E-state index contributed by atoms with van der Waals surface area (Å²) >= 11 is 0. The number of hydrogen-bond acceptors (Lipinski definition) is 5. The third kappa shape index (κ3) is 3.92. The smallest absolute Gasteiger partial charge is 0.295 e. The maximum absolute atomic E-state index is 13.7. The molecule has 1 saturated carbocycles. The number of anilines is 1. The molecule has 1 aliphatic carbocycles. The van der Waals surface area contributed by atoms with Gasteiger partial charge in [-0.05, 0) is 68.0 Å². The lowest BCUT2D eigenvalue weighted by molar-refractivity contribution is -0.131. The number of unbranched alkanes of at least 4 members (excludes halogenated alkanes) is 1. The van der Waals surface area contributed by atoms with Crippen LogP contribution in [0.15, 0.2) is 53.9 Å². The predicted molar refractivity (Wildman–Crippen MR) is 125 cm³/mol. The highest BCUT2D eigenvalue weighted by molar-refractivity contribution is 6.17. The molecule has 1 amide bonds. The molecule has 2 aliphatic heterocycles. The molecule has 6 nitrogen and oxygen atoms in total. The van der Waals surface area contributed by atoms with Crippen LogP contribution in [0, 0.1) is 12.8 Å². The Hall–Kier alpha value is -3.15. The van der Waals surface area contributed by atoms with Crippen molar-refractivity contribution in [3.8, 4) is 5.75 Å². The number of pyridine rings is 1. The van der Waals surface area contributed by atoms with Crippen molar-refractivity contribution in [2.24, 2.45) is 5.92 Å². The van der Waals surface area contributed by atoms with Crippen molar-refractivity contribution in [1.29, 1.82) is 0 Å². The summed E-state index contributed by atoms with van der Waals surface area (Å²) in [5.41, 5.74) is 2.29. The highest BCUT2D eigenvalue weighted by Gasteiger charge is 2.52. The van der Waals surface area contributed by atoms with Crippen LogP contribution in [0.2, 0.25) is 0 Å². The van der Waals surface area contributed by atoms with E-state index in [2.05, 4.69) is 11.9 Å². The molecule has 1 fully saturated rings. The van der Waals surface area contributed by atoms with E-state index >= 15 is 0 Å². The minimum Gasteiger partial charge on any atom is -0.494 e. The zero-order valence-electron chi connectivity index (χ0n) is 19.3. The molecule has 0 radical (unpaired) electrons. The van der Waals surface area contributed by atoms with Gasteiger partial charge >= 0.3 is 0 Å². The van der Waals surface area contributed by atoms with Crippen LogP contribution in [0.4, 0.5) is 5.82 Å². The van der Waals surface area contributed by atoms with Crippen molar-refractivity contribution < 1.29 is 19.1 Å². The summed E-state index contributed by atoms with van der Waals surface area (Å²) in [4.78, 5) is 33.5. The molecule has 6 heteroatoms. The van der Waals surface area contributed by atoms with Gasteiger partial charge in [-0.15, -0.1) is 0 Å². The molecule has 0 spiro atoms. The van der Waals surface area contributed by atoms with Gasteiger partial charge in [-0.3, -0.25) is 14.5 Å². The minimum absolute atomic E-state index is 0.0479. The highest BCUT2D eigenvalue weighted by Crippen LogP contribution is 2.48. The van der Waals surface area contributed by atoms with Crippen molar-refractivity contribution in [2.45, 2.75) is 64.5 Å². The van der Waals surface area contributed by atoms with Gasteiger partial charge in [-0.25, -0.2) is 4.98 Å². The van der Waals surface area contributed by atoms with Crippen molar-refractivity contribution >= 4 is 17.5 Å². The summed E-state index contributed by atoms with van der Waals surface area (Å²) in [6.45, 7) is 4.72. The maximum Gasteiger partial charge on any atom is 0.295 e. The fourth-order valence-electron chi connectivity index (χ4n) is 5.16. The van der Waals surface area contributed by atoms with Crippen molar-refractivity contribution in [3.05, 3.63) is 65.1 Å². The first kappa shape index (κ1) is 21.7. The molecule has 0 saturated heterocycles. The summed E-state index contributed by atoms with van der Waals surface area (Å²) in [5.74, 6) is 1.04. The largest absolute Gasteiger partial charge is 0.494 e. The Morgan fingerprint density at radius 2 is 2.00 bits per heavy atom. The van der Waals surface area contributed by atoms with Crippen LogP contribution in [0.3, 0.4) is 0 Å². The first-order chi connectivity index (χ1) is 16.1. The van der Waals surface area contributed by atoms with E-state index in [1.165, 1.54) is 0 Å². The lowest BCUT2D eigenvalue weighted by Crippen LogP contribution is -2.39. The first-order valence-electron chi connectivity index (χ1n) is 12.0. The van der Waals surface area contributed by atoms with E-state index in [0.29, 0.717) is 18.0 Å². The number of carbonyl (C=O) groups excluding carboxylic acids is 2. The van der Waals surface area contributed by atoms with Crippen LogP contribution >= 0.6 is 0 Å². The number of nitrogens with zero attached hydrogens (tertiary/aromatic N) is 2. The van der Waals surface area contributed by atoms with Gasteiger partial charge in [0.1, 0.15) is 17.7 Å². The Labute approximate surface area is 194 Å². The van der Waals surface area contributed by atoms with Crippen LogP contribution in [0.1, 0.15) is 62.6 Å². The van der Waals surface area contributed by atoms with Crippen LogP contribution in [-0.2, 0) is 14.3 Å². The van der Waals surface area contributed by atoms with Crippen LogP contribution in [0.5, 0.6) is 5.75 Å². The Balaban J connectivity index is 1.59. The number of ether oxygens (including phenoxy) is 2. The Morgan fingerprint density at radius 1 is 1.15 bits per heavy atom.